The van der Waals surface area contributed by atoms with E-state index in [0.717, 1.165) is 0 Å². The van der Waals surface area contributed by atoms with E-state index in [1.807, 2.05) is 0 Å². The zero-order chi connectivity index (χ0) is 20.0. The summed E-state index contributed by atoms with van der Waals surface area (Å²) in [4.78, 5) is 66.0. The van der Waals surface area contributed by atoms with Gasteiger partial charge in [-0.05, 0) is 0 Å². The molecule has 0 rings (SSSR count). The number of carbonyl (C=O) groups is 6. The number of rotatable bonds is 11. The third kappa shape index (κ3) is 27.1. The van der Waals surface area contributed by atoms with Crippen LogP contribution in [-0.4, -0.2) is 88.6 Å². The van der Waals surface area contributed by atoms with Crippen LogP contribution >= 0.6 is 0 Å². The Balaban J connectivity index is -0.0000000316. The predicted octanol–water partition coefficient (Wildman–Crippen LogP) is -21.0. The molecule has 0 saturated carbocycles. The average Bonchev–Trinajstić information content (AvgIpc) is 2.34. The maximum Gasteiger partial charge on any atom is 1.00 e. The molecule has 0 amide bonds. The van der Waals surface area contributed by atoms with E-state index in [0.29, 0.717) is 0 Å². The second kappa shape index (κ2) is 31.5. The van der Waals surface area contributed by atoms with Crippen LogP contribution in [0.3, 0.4) is 0 Å². The Labute approximate surface area is 451 Å². The number of ether oxygens (including phenoxy) is 1. The van der Waals surface area contributed by atoms with E-state index < -0.39 is 72.7 Å². The summed E-state index contributed by atoms with van der Waals surface area (Å²) < 4.78 is 4.33. The van der Waals surface area contributed by atoms with Crippen molar-refractivity contribution in [2.45, 2.75) is 36.9 Å². The van der Waals surface area contributed by atoms with E-state index in [9.17, 15) is 33.9 Å². The minimum absolute atomic E-state index is 0. The molecule has 0 aromatic carbocycles. The largest absolute Gasteiger partial charge is 1.00 e. The van der Waals surface area contributed by atoms with Crippen LogP contribution in [0.4, 0.5) is 0 Å². The van der Waals surface area contributed by atoms with Gasteiger partial charge in [0.25, 0.3) is 0 Å². The first-order valence-electron chi connectivity index (χ1n) is 6.30. The van der Waals surface area contributed by atoms with Gasteiger partial charge in [-0.1, -0.05) is 0 Å². The van der Waals surface area contributed by atoms with Gasteiger partial charge in [0.2, 0.25) is 5.60 Å². The summed E-state index contributed by atoms with van der Waals surface area (Å²) in [6, 6.07) is 0. The molecule has 0 spiro atoms. The van der Waals surface area contributed by atoms with Crippen LogP contribution in [0.1, 0.15) is 34.2 Å². The summed E-state index contributed by atoms with van der Waals surface area (Å²) >= 11 is 0. The number of carboxylic acid groups (broad SMARTS) is 5. The van der Waals surface area contributed by atoms with Crippen molar-refractivity contribution in [1.82, 2.24) is 0 Å². The molecule has 0 aromatic rings. The summed E-state index contributed by atoms with van der Waals surface area (Å²) in [5, 5.41) is 53.5. The first-order valence-corrected chi connectivity index (χ1v) is 6.30. The molecule has 0 heterocycles. The SMILES string of the molecule is O.O.O=C(O)CC(O)(CC(=O)OC(CC(=O)O)(CC(=O)O)C(=O)O)C(=O)O.[H-].[H-].[H-].[H-].[H-].[H-].[K+].[K+].[K+].[K+].[K+].[K+]. The van der Waals surface area contributed by atoms with E-state index in [2.05, 4.69) is 4.74 Å². The standard InChI is InChI=1S/C12H14O13.6K.2H2O.6H/c13-5(14)1-11(24,9(20)21)4-8(19)25-12(10(22)23,2-6(15)16)3-7(17)18;;;;;;;;;;;;;;/h24H,1-4H2,(H,13,14)(H,15,16)(H,17,18)(H,20,21)(H,22,23);;;;;;;2*1H2;;;;;;/q;6*+1;;;6*-1. The third-order valence-corrected chi connectivity index (χ3v) is 2.85. The predicted molar refractivity (Wildman–Crippen MR) is 84.3 cm³/mol. The van der Waals surface area contributed by atoms with Crippen molar-refractivity contribution in [1.29, 1.82) is 0 Å². The summed E-state index contributed by atoms with van der Waals surface area (Å²) in [5.74, 6) is -11.6. The van der Waals surface area contributed by atoms with Gasteiger partial charge in [0.1, 0.15) is 0 Å². The van der Waals surface area contributed by atoms with E-state index in [4.69, 9.17) is 25.5 Å². The van der Waals surface area contributed by atoms with Gasteiger partial charge in [0.15, 0.2) is 5.60 Å². The Morgan fingerprint density at radius 2 is 0.879 bits per heavy atom. The van der Waals surface area contributed by atoms with Crippen molar-refractivity contribution in [3.8, 4) is 0 Å². The number of aliphatic hydroxyl groups is 1. The van der Waals surface area contributed by atoms with Crippen molar-refractivity contribution in [2.75, 3.05) is 0 Å². The number of carboxylic acids is 5. The Morgan fingerprint density at radius 1 is 0.576 bits per heavy atom. The molecule has 1 unspecified atom stereocenters. The smallest absolute Gasteiger partial charge is 1.00 e. The minimum Gasteiger partial charge on any atom is -1.00 e. The van der Waals surface area contributed by atoms with Gasteiger partial charge in [-0.3, -0.25) is 19.2 Å². The number of aliphatic carboxylic acids is 5. The fourth-order valence-corrected chi connectivity index (χ4v) is 1.77. The molecule has 21 heteroatoms. The summed E-state index contributed by atoms with van der Waals surface area (Å²) in [7, 11) is 0. The number of esters is 1. The molecule has 0 aliphatic carbocycles. The number of hydrogen-bond acceptors (Lipinski definition) is 8. The van der Waals surface area contributed by atoms with Crippen molar-refractivity contribution in [3.05, 3.63) is 0 Å². The molecule has 0 radical (unpaired) electrons. The first-order chi connectivity index (χ1) is 11.2. The zero-order valence-electron chi connectivity index (χ0n) is 25.4. The Hall–Kier alpha value is 6.52. The Morgan fingerprint density at radius 3 is 1.09 bits per heavy atom. The molecule has 0 bridgehead atoms. The van der Waals surface area contributed by atoms with Gasteiger partial charge in [-0.25, -0.2) is 9.59 Å². The second-order valence-corrected chi connectivity index (χ2v) is 5.00. The maximum atomic E-state index is 11.7. The molecular weight excluding hydrogens is 619 g/mol. The van der Waals surface area contributed by atoms with Crippen LogP contribution in [0.5, 0.6) is 0 Å². The van der Waals surface area contributed by atoms with E-state index in [1.54, 1.807) is 0 Å². The minimum atomic E-state index is -3.17. The fraction of sp³-hybridized carbons (Fsp3) is 0.500. The number of hydrogen-bond donors (Lipinski definition) is 6. The van der Waals surface area contributed by atoms with Gasteiger partial charge in [0, 0.05) is 0 Å². The van der Waals surface area contributed by atoms with E-state index in [-0.39, 0.29) is 328 Å². The van der Waals surface area contributed by atoms with Gasteiger partial charge in [0.05, 0.1) is 25.7 Å². The topological polar surface area (TPSA) is 296 Å². The van der Waals surface area contributed by atoms with E-state index in [1.165, 1.54) is 0 Å². The molecule has 0 aromatic heterocycles. The monoisotopic (exact) mass is 642 g/mol. The van der Waals surface area contributed by atoms with Crippen LogP contribution in [0.25, 0.3) is 0 Å². The second-order valence-electron chi connectivity index (χ2n) is 5.00. The molecule has 33 heavy (non-hydrogen) atoms. The fourth-order valence-electron chi connectivity index (χ4n) is 1.77. The zero-order valence-corrected chi connectivity index (χ0v) is 38.1. The van der Waals surface area contributed by atoms with E-state index >= 15 is 0 Å². The van der Waals surface area contributed by atoms with Crippen LogP contribution in [0, 0.1) is 0 Å². The first kappa shape index (κ1) is 63.0. The molecule has 0 aliphatic heterocycles. The van der Waals surface area contributed by atoms with Crippen LogP contribution < -0.4 is 308 Å². The van der Waals surface area contributed by atoms with Gasteiger partial charge < -0.3 is 54.9 Å². The van der Waals surface area contributed by atoms with Gasteiger partial charge >= 0.3 is 344 Å². The summed E-state index contributed by atoms with van der Waals surface area (Å²) in [6.07, 6.45) is -5.94. The van der Waals surface area contributed by atoms with Gasteiger partial charge in [-0.15, -0.1) is 0 Å². The Bertz CT molecular complexity index is 639. The maximum absolute atomic E-state index is 11.7. The summed E-state index contributed by atoms with van der Waals surface area (Å²) in [6.45, 7) is 0. The molecule has 0 fully saturated rings. The molecule has 0 aliphatic rings. The van der Waals surface area contributed by atoms with Gasteiger partial charge in [-0.2, -0.15) is 0 Å². The quantitative estimate of drug-likeness (QED) is 0.0902. The average molecular weight is 643 g/mol. The van der Waals surface area contributed by atoms with Crippen molar-refractivity contribution in [3.63, 3.8) is 0 Å². The van der Waals surface area contributed by atoms with Crippen molar-refractivity contribution < 1.29 is 392 Å². The molecule has 168 valence electrons. The normalized spacial score (nSPS) is 10.1. The van der Waals surface area contributed by atoms with Crippen LogP contribution in [-0.2, 0) is 33.5 Å². The Kier molecular flexibility index (Phi) is 60.0. The number of carbonyl (C=O) groups excluding carboxylic acids is 1. The van der Waals surface area contributed by atoms with Crippen LogP contribution in [0.15, 0.2) is 0 Å². The molecule has 10 N–H and O–H groups in total. The molecule has 0 saturated heterocycles. The third-order valence-electron chi connectivity index (χ3n) is 2.85. The van der Waals surface area contributed by atoms with Crippen molar-refractivity contribution >= 4 is 35.8 Å². The van der Waals surface area contributed by atoms with Crippen LogP contribution in [0.2, 0.25) is 0 Å². The molecular formula is C12H24K6O15. The van der Waals surface area contributed by atoms with Crippen molar-refractivity contribution in [2.24, 2.45) is 0 Å². The molecule has 1 atom stereocenters. The molecule has 15 nitrogen and oxygen atoms in total. The summed E-state index contributed by atoms with van der Waals surface area (Å²) in [5.41, 5.74) is -6.24.